The number of methoxy groups -OCH3 is 1. The van der Waals surface area contributed by atoms with Crippen LogP contribution in [0.2, 0.25) is 0 Å². The molecule has 0 aromatic heterocycles. The number of hydrogen-bond acceptors (Lipinski definition) is 4. The minimum absolute atomic E-state index is 0.244. The molecule has 2 N–H and O–H groups in total. The van der Waals surface area contributed by atoms with Crippen LogP contribution in [-0.2, 0) is 4.74 Å². The molecule has 0 amide bonds. The molecule has 2 heterocycles. The molecule has 106 valence electrons. The van der Waals surface area contributed by atoms with Crippen molar-refractivity contribution in [3.8, 4) is 0 Å². The normalized spacial score (nSPS) is 39.3. The van der Waals surface area contributed by atoms with Crippen molar-refractivity contribution in [2.24, 2.45) is 11.7 Å². The average Bonchev–Trinajstić information content (AvgIpc) is 2.83. The summed E-state index contributed by atoms with van der Waals surface area (Å²) in [6, 6.07) is 0.642. The lowest BCUT2D eigenvalue weighted by atomic mass is 9.82. The third-order valence-corrected chi connectivity index (χ3v) is 5.10. The molecule has 4 heteroatoms. The Labute approximate surface area is 111 Å². The highest BCUT2D eigenvalue weighted by molar-refractivity contribution is 5.00. The minimum atomic E-state index is 0.244. The fourth-order valence-corrected chi connectivity index (χ4v) is 3.65. The van der Waals surface area contributed by atoms with E-state index in [1.165, 1.54) is 38.9 Å². The van der Waals surface area contributed by atoms with Gasteiger partial charge < -0.3 is 15.4 Å². The van der Waals surface area contributed by atoms with E-state index in [-0.39, 0.29) is 5.54 Å². The first-order valence-electron chi connectivity index (χ1n) is 7.25. The van der Waals surface area contributed by atoms with Gasteiger partial charge in [-0.05, 0) is 52.2 Å². The first-order chi connectivity index (χ1) is 8.61. The molecule has 0 aliphatic carbocycles. The summed E-state index contributed by atoms with van der Waals surface area (Å²) in [6.45, 7) is 7.55. The van der Waals surface area contributed by atoms with Crippen molar-refractivity contribution < 1.29 is 4.74 Å². The zero-order chi connectivity index (χ0) is 13.2. The molecule has 3 unspecified atom stereocenters. The summed E-state index contributed by atoms with van der Waals surface area (Å²) < 4.78 is 5.30. The smallest absolute Gasteiger partial charge is 0.0503 e. The topological polar surface area (TPSA) is 41.7 Å². The summed E-state index contributed by atoms with van der Waals surface area (Å²) in [4.78, 5) is 5.11. The van der Waals surface area contributed by atoms with Gasteiger partial charge in [0.1, 0.15) is 0 Å². The van der Waals surface area contributed by atoms with E-state index in [1.807, 2.05) is 0 Å². The average molecular weight is 255 g/mol. The van der Waals surface area contributed by atoms with Crippen molar-refractivity contribution >= 4 is 0 Å². The number of hydrogen-bond donors (Lipinski definition) is 1. The standard InChI is InChI=1S/C14H29N3O/c1-12-8-14(11-15,5-7-16(12)2)17-6-4-13(9-17)10-18-3/h12-13H,4-11,15H2,1-3H3. The van der Waals surface area contributed by atoms with Crippen molar-refractivity contribution in [1.29, 1.82) is 0 Å². The lowest BCUT2D eigenvalue weighted by molar-refractivity contribution is 0.0204. The highest BCUT2D eigenvalue weighted by Gasteiger charge is 2.43. The fraction of sp³-hybridized carbons (Fsp3) is 1.00. The molecule has 0 saturated carbocycles. The first kappa shape index (κ1) is 14.3. The van der Waals surface area contributed by atoms with Crippen molar-refractivity contribution in [1.82, 2.24) is 9.80 Å². The molecule has 2 aliphatic heterocycles. The maximum Gasteiger partial charge on any atom is 0.0503 e. The zero-order valence-electron chi connectivity index (χ0n) is 12.2. The molecule has 3 atom stereocenters. The quantitative estimate of drug-likeness (QED) is 0.805. The fourth-order valence-electron chi connectivity index (χ4n) is 3.65. The largest absolute Gasteiger partial charge is 0.384 e. The first-order valence-corrected chi connectivity index (χ1v) is 7.25. The summed E-state index contributed by atoms with van der Waals surface area (Å²) in [5, 5.41) is 0. The SMILES string of the molecule is COCC1CCN(C2(CN)CCN(C)C(C)C2)C1. The highest BCUT2D eigenvalue weighted by Crippen LogP contribution is 2.34. The number of nitrogens with two attached hydrogens (primary N) is 1. The molecule has 0 spiro atoms. The van der Waals surface area contributed by atoms with Crippen molar-refractivity contribution in [3.05, 3.63) is 0 Å². The Bertz CT molecular complexity index is 274. The van der Waals surface area contributed by atoms with Gasteiger partial charge in [0.2, 0.25) is 0 Å². The van der Waals surface area contributed by atoms with E-state index in [2.05, 4.69) is 23.8 Å². The molecule has 2 aliphatic rings. The Morgan fingerprint density at radius 1 is 1.39 bits per heavy atom. The Morgan fingerprint density at radius 3 is 2.78 bits per heavy atom. The lowest BCUT2D eigenvalue weighted by Crippen LogP contribution is -2.60. The van der Waals surface area contributed by atoms with Crippen LogP contribution in [0.5, 0.6) is 0 Å². The molecule has 0 bridgehead atoms. The van der Waals surface area contributed by atoms with Gasteiger partial charge >= 0.3 is 0 Å². The summed E-state index contributed by atoms with van der Waals surface area (Å²) in [5.74, 6) is 0.702. The van der Waals surface area contributed by atoms with E-state index in [1.54, 1.807) is 7.11 Å². The van der Waals surface area contributed by atoms with Crippen molar-refractivity contribution in [2.75, 3.05) is 46.9 Å². The second kappa shape index (κ2) is 5.87. The van der Waals surface area contributed by atoms with Gasteiger partial charge in [-0.15, -0.1) is 0 Å². The summed E-state index contributed by atoms with van der Waals surface area (Å²) in [7, 11) is 4.03. The molecule has 0 radical (unpaired) electrons. The summed E-state index contributed by atoms with van der Waals surface area (Å²) in [5.41, 5.74) is 6.40. The maximum atomic E-state index is 6.15. The monoisotopic (exact) mass is 255 g/mol. The van der Waals surface area contributed by atoms with Crippen molar-refractivity contribution in [3.63, 3.8) is 0 Å². The van der Waals surface area contributed by atoms with Crippen LogP contribution in [0.4, 0.5) is 0 Å². The van der Waals surface area contributed by atoms with Crippen LogP contribution in [0, 0.1) is 5.92 Å². The summed E-state index contributed by atoms with van der Waals surface area (Å²) >= 11 is 0. The number of ether oxygens (including phenoxy) is 1. The third kappa shape index (κ3) is 2.72. The Morgan fingerprint density at radius 2 is 2.17 bits per heavy atom. The Kier molecular flexibility index (Phi) is 4.64. The molecule has 0 aromatic carbocycles. The molecule has 18 heavy (non-hydrogen) atoms. The molecule has 4 nitrogen and oxygen atoms in total. The van der Waals surface area contributed by atoms with Gasteiger partial charge in [-0.1, -0.05) is 0 Å². The van der Waals surface area contributed by atoms with E-state index in [4.69, 9.17) is 10.5 Å². The molecule has 0 aromatic rings. The zero-order valence-corrected chi connectivity index (χ0v) is 12.2. The van der Waals surface area contributed by atoms with Crippen molar-refractivity contribution in [2.45, 2.75) is 37.8 Å². The van der Waals surface area contributed by atoms with E-state index in [9.17, 15) is 0 Å². The van der Waals surface area contributed by atoms with Gasteiger partial charge in [0.15, 0.2) is 0 Å². The third-order valence-electron chi connectivity index (χ3n) is 5.10. The van der Waals surface area contributed by atoms with Crippen LogP contribution in [0.1, 0.15) is 26.2 Å². The van der Waals surface area contributed by atoms with Gasteiger partial charge in [0.05, 0.1) is 6.61 Å². The second-order valence-corrected chi connectivity index (χ2v) is 6.27. The van der Waals surface area contributed by atoms with Crippen LogP contribution < -0.4 is 5.73 Å². The summed E-state index contributed by atoms with van der Waals surface area (Å²) in [6.07, 6.45) is 3.68. The maximum absolute atomic E-state index is 6.15. The van der Waals surface area contributed by atoms with Crippen LogP contribution in [0.25, 0.3) is 0 Å². The van der Waals surface area contributed by atoms with Gasteiger partial charge in [-0.25, -0.2) is 0 Å². The molecular weight excluding hydrogens is 226 g/mol. The molecule has 2 rings (SSSR count). The number of nitrogens with zero attached hydrogens (tertiary/aromatic N) is 2. The van der Waals surface area contributed by atoms with Gasteiger partial charge in [0, 0.05) is 31.8 Å². The Hall–Kier alpha value is -0.160. The van der Waals surface area contributed by atoms with Crippen LogP contribution in [0.15, 0.2) is 0 Å². The molecule has 2 fully saturated rings. The van der Waals surface area contributed by atoms with E-state index in [0.29, 0.717) is 12.0 Å². The lowest BCUT2D eigenvalue weighted by Gasteiger charge is -2.49. The second-order valence-electron chi connectivity index (χ2n) is 6.27. The number of rotatable bonds is 4. The van der Waals surface area contributed by atoms with Gasteiger partial charge in [0.25, 0.3) is 0 Å². The Balaban J connectivity index is 2.00. The van der Waals surface area contributed by atoms with Crippen LogP contribution >= 0.6 is 0 Å². The number of piperidine rings is 1. The van der Waals surface area contributed by atoms with E-state index >= 15 is 0 Å². The van der Waals surface area contributed by atoms with E-state index < -0.39 is 0 Å². The van der Waals surface area contributed by atoms with Crippen LogP contribution in [-0.4, -0.2) is 68.3 Å². The molecular formula is C14H29N3O. The highest BCUT2D eigenvalue weighted by atomic mass is 16.5. The molecule has 2 saturated heterocycles. The van der Waals surface area contributed by atoms with Crippen LogP contribution in [0.3, 0.4) is 0 Å². The predicted molar refractivity (Wildman–Crippen MR) is 74.7 cm³/mol. The number of likely N-dealkylation sites (tertiary alicyclic amines) is 2. The van der Waals surface area contributed by atoms with Gasteiger partial charge in [-0.3, -0.25) is 4.90 Å². The minimum Gasteiger partial charge on any atom is -0.384 e. The van der Waals surface area contributed by atoms with Gasteiger partial charge in [-0.2, -0.15) is 0 Å². The predicted octanol–water partition coefficient (Wildman–Crippen LogP) is 0.766. The van der Waals surface area contributed by atoms with E-state index in [0.717, 1.165) is 13.2 Å².